The summed E-state index contributed by atoms with van der Waals surface area (Å²) in [6.45, 7) is 3.09. The van der Waals surface area contributed by atoms with E-state index in [0.717, 1.165) is 39.9 Å². The molecule has 4 aromatic rings. The molecule has 0 bridgehead atoms. The molecular weight excluding hydrogens is 1100 g/mol. The number of aliphatic hydroxyl groups is 10. The van der Waals surface area contributed by atoms with Crippen LogP contribution in [0.2, 0.25) is 0 Å². The van der Waals surface area contributed by atoms with Crippen molar-refractivity contribution < 1.29 is 110 Å². The van der Waals surface area contributed by atoms with E-state index in [1.54, 1.807) is 34.1 Å². The number of nitrogens with one attached hydrogen (secondary N) is 1. The number of ether oxygens (including phenoxy) is 2. The first-order chi connectivity index (χ1) is 38.9. The Labute approximate surface area is 516 Å². The Bertz CT molecular complexity index is 2610. The molecule has 84 heavy (non-hydrogen) atoms. The maximum absolute atomic E-state index is 13.5. The molecule has 4 saturated heterocycles. The third-order valence-electron chi connectivity index (χ3n) is 16.6. The van der Waals surface area contributed by atoms with Crippen molar-refractivity contribution in [2.24, 2.45) is 0 Å². The second-order valence-electron chi connectivity index (χ2n) is 21.8. The zero-order valence-electron chi connectivity index (χ0n) is 48.2. The molecule has 20 nitrogen and oxygen atoms in total. The smallest absolute Gasteiger partial charge is 1.00 e. The standard InChI is InChI=1S/2C23H27FN2O4.C7H15NO3.C6H13NO3.2CH4.Na.H/c1-25-12-11-20(27)22(28)19(25)14-30-23(29)26-13-10-15-4-2-3-5-18(15)21(26)16-6-8-17(24)9-7-16;1-25-12-11-20(28)22(19(25)14-27)30-23(29)26-13-10-15-4-2-3-5-18(15)21(26)16-6-8-17(24)9-7-16;1-8-3-2-6(10)7(11)5(8)4-9;8-3-4-6(10)5(9)1-2-7-4;;;;/h2*2-9,19-22,27-28H,10-14H2,1H3;5-7,9-11H,2-4H2,1H3;4-10H,1-3H2;2*1H4;;/q;;;;;;+1;-1/t2*19-,20-,21-,22-;5-,6-,7-;4-,5-,6-;;;;/m0000..../s1. The summed E-state index contributed by atoms with van der Waals surface area (Å²) < 4.78 is 38.4. The zero-order valence-corrected chi connectivity index (χ0v) is 49.2. The molecule has 23 heteroatoms. The van der Waals surface area contributed by atoms with Crippen molar-refractivity contribution in [1.82, 2.24) is 29.8 Å². The number of piperidine rings is 4. The topological polar surface area (TPSA) is 283 Å². The van der Waals surface area contributed by atoms with Crippen LogP contribution in [0.3, 0.4) is 0 Å². The van der Waals surface area contributed by atoms with Crippen LogP contribution in [0.25, 0.3) is 0 Å². The van der Waals surface area contributed by atoms with Crippen LogP contribution >= 0.6 is 0 Å². The van der Waals surface area contributed by atoms with E-state index in [1.807, 2.05) is 84.4 Å². The molecule has 11 N–H and O–H groups in total. The minimum Gasteiger partial charge on any atom is -1.00 e. The van der Waals surface area contributed by atoms with Gasteiger partial charge in [-0.15, -0.1) is 0 Å². The van der Waals surface area contributed by atoms with Gasteiger partial charge in [-0.25, -0.2) is 18.4 Å². The SMILES string of the molecule is C.C.CN1CC[C@H](O)[C@@H](O)[C@@H]1CO.CN1CC[C@H](O)[C@@H](O)[C@@H]1COC(=O)N1CCc2ccccc2[C@@H]1c1ccc(F)cc1.CN1CC[C@H](O)[C@@H](OC(=O)N2CCc3ccccc3[C@@H]2c2ccc(F)cc2)[C@@H]1CO.OC[C@@H]1NCC[C@H](O)[C@H]1O.[H-].[Na+]. The summed E-state index contributed by atoms with van der Waals surface area (Å²) in [7, 11) is 5.51. The Kier molecular flexibility index (Phi) is 29.5. The molecule has 0 aromatic heterocycles. The van der Waals surface area contributed by atoms with Crippen molar-refractivity contribution >= 4 is 12.2 Å². The Morgan fingerprint density at radius 3 is 1.40 bits per heavy atom. The molecule has 0 unspecified atom stereocenters. The molecule has 0 spiro atoms. The zero-order chi connectivity index (χ0) is 58.5. The second-order valence-corrected chi connectivity index (χ2v) is 21.8. The third-order valence-corrected chi connectivity index (χ3v) is 16.6. The first kappa shape index (κ1) is 72.2. The average Bonchev–Trinajstić information content (AvgIpc) is 1.72. The predicted octanol–water partition coefficient (Wildman–Crippen LogP) is -0.473. The molecule has 0 radical (unpaired) electrons. The van der Waals surface area contributed by atoms with Crippen LogP contribution in [0, 0.1) is 11.6 Å². The van der Waals surface area contributed by atoms with Gasteiger partial charge in [0, 0.05) is 32.7 Å². The number of aliphatic hydroxyl groups excluding tert-OH is 10. The largest absolute Gasteiger partial charge is 1.00 e. The number of fused-ring (bicyclic) bond motifs is 2. The summed E-state index contributed by atoms with van der Waals surface area (Å²) in [5.41, 5.74) is 5.87. The summed E-state index contributed by atoms with van der Waals surface area (Å²) in [6.07, 6.45) is -3.98. The van der Waals surface area contributed by atoms with Gasteiger partial charge >= 0.3 is 41.7 Å². The molecule has 6 aliphatic rings. The summed E-state index contributed by atoms with van der Waals surface area (Å²) in [4.78, 5) is 35.3. The molecule has 0 saturated carbocycles. The van der Waals surface area contributed by atoms with E-state index in [0.29, 0.717) is 71.2 Å². The van der Waals surface area contributed by atoms with E-state index in [1.165, 1.54) is 24.3 Å². The van der Waals surface area contributed by atoms with Crippen LogP contribution in [-0.4, -0.2) is 248 Å². The van der Waals surface area contributed by atoms with E-state index >= 15 is 0 Å². The van der Waals surface area contributed by atoms with E-state index in [-0.39, 0.29) is 102 Å². The first-order valence-corrected chi connectivity index (χ1v) is 27.9. The summed E-state index contributed by atoms with van der Waals surface area (Å²) in [5.74, 6) is -0.666. The van der Waals surface area contributed by atoms with Crippen LogP contribution < -0.4 is 34.9 Å². The van der Waals surface area contributed by atoms with Crippen molar-refractivity contribution in [3.05, 3.63) is 142 Å². The maximum Gasteiger partial charge on any atom is 1.00 e. The quantitative estimate of drug-likeness (QED) is 0.0995. The van der Waals surface area contributed by atoms with Gasteiger partial charge in [0.2, 0.25) is 0 Å². The molecule has 0 aliphatic carbocycles. The van der Waals surface area contributed by atoms with Crippen molar-refractivity contribution in [2.75, 3.05) is 86.8 Å². The number of hydrogen-bond donors (Lipinski definition) is 11. The molecule has 14 atom stereocenters. The molecular formula is C61H91F2N6NaO14. The number of carbonyl (C=O) groups excluding carboxylic acids is 2. The fraction of sp³-hybridized carbons (Fsp3) is 0.574. The molecule has 6 aliphatic heterocycles. The molecule has 2 amide bonds. The van der Waals surface area contributed by atoms with Crippen LogP contribution in [0.1, 0.15) is 87.4 Å². The Balaban J connectivity index is 0.000000322. The monoisotopic (exact) mass is 1190 g/mol. The minimum atomic E-state index is -0.966. The van der Waals surface area contributed by atoms with Crippen molar-refractivity contribution in [2.45, 2.75) is 138 Å². The molecule has 6 heterocycles. The van der Waals surface area contributed by atoms with Gasteiger partial charge in [-0.3, -0.25) is 24.5 Å². The van der Waals surface area contributed by atoms with Gasteiger partial charge in [-0.1, -0.05) is 87.6 Å². The normalized spacial score (nSPS) is 29.5. The van der Waals surface area contributed by atoms with Gasteiger partial charge in [0.25, 0.3) is 0 Å². The number of benzene rings is 4. The first-order valence-electron chi connectivity index (χ1n) is 27.9. The van der Waals surface area contributed by atoms with E-state index < -0.39 is 79.1 Å². The van der Waals surface area contributed by atoms with Crippen LogP contribution in [0.15, 0.2) is 97.1 Å². The van der Waals surface area contributed by atoms with Gasteiger partial charge in [0.1, 0.15) is 24.3 Å². The number of nitrogens with zero attached hydrogens (tertiary/aromatic N) is 5. The number of rotatable bonds is 8. The number of amides is 2. The summed E-state index contributed by atoms with van der Waals surface area (Å²) in [6, 6.07) is 25.8. The van der Waals surface area contributed by atoms with Gasteiger partial charge in [0.15, 0.2) is 0 Å². The predicted molar refractivity (Wildman–Crippen MR) is 309 cm³/mol. The third kappa shape index (κ3) is 17.9. The van der Waals surface area contributed by atoms with Crippen molar-refractivity contribution in [3.8, 4) is 0 Å². The minimum absolute atomic E-state index is 0. The number of likely N-dealkylation sites (N-methyl/N-ethyl adjacent to an activating group) is 3. The number of likely N-dealkylation sites (tertiary alicyclic amines) is 3. The number of hydrogen-bond acceptors (Lipinski definition) is 18. The fourth-order valence-corrected chi connectivity index (χ4v) is 11.5. The van der Waals surface area contributed by atoms with Crippen LogP contribution in [0.4, 0.5) is 18.4 Å². The number of halogens is 2. The van der Waals surface area contributed by atoms with Gasteiger partial charge in [0.05, 0.1) is 98.8 Å². The van der Waals surface area contributed by atoms with Crippen LogP contribution in [0.5, 0.6) is 0 Å². The van der Waals surface area contributed by atoms with Crippen molar-refractivity contribution in [3.63, 3.8) is 0 Å². The summed E-state index contributed by atoms with van der Waals surface area (Å²) >= 11 is 0. The van der Waals surface area contributed by atoms with E-state index in [9.17, 15) is 49.0 Å². The van der Waals surface area contributed by atoms with E-state index in [4.69, 9.17) is 29.9 Å². The second kappa shape index (κ2) is 34.3. The Morgan fingerprint density at radius 2 is 0.952 bits per heavy atom. The molecule has 464 valence electrons. The van der Waals surface area contributed by atoms with Gasteiger partial charge in [-0.05, 0) is 124 Å². The number of carbonyl (C=O) groups is 2. The van der Waals surface area contributed by atoms with Gasteiger partial charge in [-0.2, -0.15) is 0 Å². The molecule has 10 rings (SSSR count). The van der Waals surface area contributed by atoms with Gasteiger partial charge < -0.3 is 67.3 Å². The molecule has 4 aromatic carbocycles. The fourth-order valence-electron chi connectivity index (χ4n) is 11.5. The Morgan fingerprint density at radius 1 is 0.536 bits per heavy atom. The molecule has 4 fully saturated rings. The van der Waals surface area contributed by atoms with Crippen molar-refractivity contribution in [1.29, 1.82) is 0 Å². The van der Waals surface area contributed by atoms with Crippen LogP contribution in [-0.2, 0) is 22.3 Å². The maximum atomic E-state index is 13.5. The summed E-state index contributed by atoms with van der Waals surface area (Å²) in [5, 5.41) is 97.6. The average molecular weight is 1190 g/mol. The van der Waals surface area contributed by atoms with E-state index in [2.05, 4.69) is 5.32 Å². The Hall–Kier alpha value is -4.28.